The summed E-state index contributed by atoms with van der Waals surface area (Å²) in [6.45, 7) is 1.88. The summed E-state index contributed by atoms with van der Waals surface area (Å²) in [6.07, 6.45) is 3.40. The summed E-state index contributed by atoms with van der Waals surface area (Å²) in [6, 6.07) is 5.51. The van der Waals surface area contributed by atoms with Crippen molar-refractivity contribution < 1.29 is 0 Å². The summed E-state index contributed by atoms with van der Waals surface area (Å²) in [7, 11) is 0. The van der Waals surface area contributed by atoms with Gasteiger partial charge in [0.2, 0.25) is 5.95 Å². The Bertz CT molecular complexity index is 938. The molecule has 0 fully saturated rings. The Morgan fingerprint density at radius 1 is 1.20 bits per heavy atom. The van der Waals surface area contributed by atoms with Crippen LogP contribution in [-0.2, 0) is 0 Å². The van der Waals surface area contributed by atoms with Crippen LogP contribution in [-0.4, -0.2) is 29.5 Å². The first-order valence-electron chi connectivity index (χ1n) is 6.03. The van der Waals surface area contributed by atoms with E-state index in [0.29, 0.717) is 16.6 Å². The van der Waals surface area contributed by atoms with Crippen LogP contribution in [0.4, 0.5) is 0 Å². The molecule has 0 saturated heterocycles. The zero-order chi connectivity index (χ0) is 13.7. The molecule has 0 amide bonds. The Hall–Kier alpha value is -2.47. The van der Waals surface area contributed by atoms with Gasteiger partial charge in [0.25, 0.3) is 0 Å². The number of rotatable bonds is 1. The molecule has 0 aliphatic heterocycles. The number of nitrogens with one attached hydrogen (secondary N) is 1. The molecule has 0 radical (unpaired) electrons. The Morgan fingerprint density at radius 3 is 3.00 bits per heavy atom. The molecule has 0 aliphatic rings. The quantitative estimate of drug-likeness (QED) is 0.583. The fraction of sp³-hybridized carbons (Fsp3) is 0.0769. The number of fused-ring (bicyclic) bond motifs is 2. The molecular weight excluding hydrogens is 276 g/mol. The highest BCUT2D eigenvalue weighted by Gasteiger charge is 2.09. The average Bonchev–Trinajstić information content (AvgIpc) is 2.99. The molecule has 1 aromatic carbocycles. The lowest BCUT2D eigenvalue weighted by Gasteiger charge is -2.01. The third-order valence-corrected chi connectivity index (χ3v) is 3.30. The maximum atomic E-state index is 6.03. The van der Waals surface area contributed by atoms with Gasteiger partial charge < -0.3 is 4.98 Å². The summed E-state index contributed by atoms with van der Waals surface area (Å²) in [5.41, 5.74) is 3.16. The molecule has 3 heterocycles. The summed E-state index contributed by atoms with van der Waals surface area (Å²) in [5, 5.41) is 0.649. The Kier molecular flexibility index (Phi) is 2.28. The van der Waals surface area contributed by atoms with Crippen LogP contribution >= 0.6 is 11.6 Å². The molecule has 3 aromatic heterocycles. The molecule has 0 aliphatic carbocycles. The second-order valence-corrected chi connectivity index (χ2v) is 4.91. The molecule has 1 N–H and O–H groups in total. The predicted molar refractivity (Wildman–Crippen MR) is 76.1 cm³/mol. The number of nitrogens with zero attached hydrogens (tertiary/aromatic N) is 5. The molecule has 6 nitrogen and oxygen atoms in total. The summed E-state index contributed by atoms with van der Waals surface area (Å²) in [4.78, 5) is 20.5. The highest BCUT2D eigenvalue weighted by Crippen LogP contribution is 2.20. The van der Waals surface area contributed by atoms with Crippen molar-refractivity contribution in [3.63, 3.8) is 0 Å². The smallest absolute Gasteiger partial charge is 0.237 e. The molecule has 0 spiro atoms. The lowest BCUT2D eigenvalue weighted by atomic mass is 10.3. The third kappa shape index (κ3) is 1.65. The molecule has 20 heavy (non-hydrogen) atoms. The van der Waals surface area contributed by atoms with Crippen LogP contribution in [0.1, 0.15) is 5.82 Å². The van der Waals surface area contributed by atoms with Gasteiger partial charge in [-0.05, 0) is 25.1 Å². The number of aromatic amines is 1. The number of hydrogen-bond donors (Lipinski definition) is 1. The number of halogens is 1. The Balaban J connectivity index is 1.97. The zero-order valence-corrected chi connectivity index (χ0v) is 11.3. The lowest BCUT2D eigenvalue weighted by Crippen LogP contribution is -1.99. The maximum Gasteiger partial charge on any atom is 0.237 e. The zero-order valence-electron chi connectivity index (χ0n) is 10.5. The van der Waals surface area contributed by atoms with Gasteiger partial charge >= 0.3 is 0 Å². The van der Waals surface area contributed by atoms with Crippen molar-refractivity contribution in [1.82, 2.24) is 29.5 Å². The van der Waals surface area contributed by atoms with Crippen molar-refractivity contribution in [2.45, 2.75) is 6.92 Å². The van der Waals surface area contributed by atoms with E-state index in [1.807, 2.05) is 25.1 Å². The van der Waals surface area contributed by atoms with E-state index >= 15 is 0 Å². The van der Waals surface area contributed by atoms with Gasteiger partial charge in [-0.25, -0.2) is 15.0 Å². The molecule has 98 valence electrons. The number of aryl methyl sites for hydroxylation is 1. The fourth-order valence-electron chi connectivity index (χ4n) is 2.18. The van der Waals surface area contributed by atoms with Gasteiger partial charge in [0.05, 0.1) is 17.2 Å². The second-order valence-electron chi connectivity index (χ2n) is 4.48. The molecule has 0 saturated carbocycles. The first-order chi connectivity index (χ1) is 9.70. The van der Waals surface area contributed by atoms with Crippen molar-refractivity contribution >= 4 is 33.8 Å². The third-order valence-electron chi connectivity index (χ3n) is 3.07. The van der Waals surface area contributed by atoms with Gasteiger partial charge in [-0.3, -0.25) is 4.57 Å². The van der Waals surface area contributed by atoms with Crippen LogP contribution in [0.15, 0.2) is 30.7 Å². The van der Waals surface area contributed by atoms with Gasteiger partial charge in [0.1, 0.15) is 17.7 Å². The molecule has 0 atom stereocenters. The first kappa shape index (κ1) is 11.4. The maximum absolute atomic E-state index is 6.03. The van der Waals surface area contributed by atoms with E-state index in [-0.39, 0.29) is 0 Å². The van der Waals surface area contributed by atoms with E-state index in [0.717, 1.165) is 22.4 Å². The van der Waals surface area contributed by atoms with Crippen molar-refractivity contribution in [1.29, 1.82) is 0 Å². The van der Waals surface area contributed by atoms with Gasteiger partial charge in [-0.2, -0.15) is 4.98 Å². The van der Waals surface area contributed by atoms with Crippen LogP contribution < -0.4 is 0 Å². The normalized spacial score (nSPS) is 11.5. The van der Waals surface area contributed by atoms with Crippen molar-refractivity contribution in [3.05, 3.63) is 41.6 Å². The van der Waals surface area contributed by atoms with Crippen molar-refractivity contribution in [2.24, 2.45) is 0 Å². The summed E-state index contributed by atoms with van der Waals surface area (Å²) >= 11 is 6.03. The Labute approximate surface area is 118 Å². The number of hydrogen-bond acceptors (Lipinski definition) is 4. The summed E-state index contributed by atoms with van der Waals surface area (Å²) in [5.74, 6) is 1.33. The van der Waals surface area contributed by atoms with Gasteiger partial charge in [-0.1, -0.05) is 11.6 Å². The fourth-order valence-corrected chi connectivity index (χ4v) is 2.34. The highest BCUT2D eigenvalue weighted by molar-refractivity contribution is 6.31. The highest BCUT2D eigenvalue weighted by atomic mass is 35.5. The number of imidazole rings is 2. The monoisotopic (exact) mass is 284 g/mol. The Morgan fingerprint density at radius 2 is 2.10 bits per heavy atom. The van der Waals surface area contributed by atoms with Gasteiger partial charge in [0, 0.05) is 5.02 Å². The van der Waals surface area contributed by atoms with E-state index in [9.17, 15) is 0 Å². The topological polar surface area (TPSA) is 72.3 Å². The minimum absolute atomic E-state index is 0.522. The minimum atomic E-state index is 0.522. The van der Waals surface area contributed by atoms with E-state index in [1.165, 1.54) is 0 Å². The minimum Gasteiger partial charge on any atom is -0.340 e. The van der Waals surface area contributed by atoms with Crippen LogP contribution in [0, 0.1) is 6.92 Å². The number of benzene rings is 1. The molecule has 0 unspecified atom stereocenters. The van der Waals surface area contributed by atoms with Crippen molar-refractivity contribution in [2.75, 3.05) is 0 Å². The number of H-pyrrole nitrogens is 1. The SMILES string of the molecule is Cc1nc2nc(-n3cnc4ccc(Cl)cc43)ncc2[nH]1. The molecule has 4 aromatic rings. The van der Waals surface area contributed by atoms with E-state index < -0.39 is 0 Å². The molecule has 4 rings (SSSR count). The predicted octanol–water partition coefficient (Wildman–Crippen LogP) is 2.65. The van der Waals surface area contributed by atoms with Crippen LogP contribution in [0.2, 0.25) is 5.02 Å². The molecule has 7 heteroatoms. The van der Waals surface area contributed by atoms with Crippen LogP contribution in [0.25, 0.3) is 28.1 Å². The van der Waals surface area contributed by atoms with E-state index in [1.54, 1.807) is 17.1 Å². The number of aromatic nitrogens is 6. The van der Waals surface area contributed by atoms with E-state index in [2.05, 4.69) is 24.9 Å². The summed E-state index contributed by atoms with van der Waals surface area (Å²) < 4.78 is 1.80. The van der Waals surface area contributed by atoms with Gasteiger partial charge in [0.15, 0.2) is 5.65 Å². The van der Waals surface area contributed by atoms with Crippen LogP contribution in [0.5, 0.6) is 0 Å². The standard InChI is InChI=1S/C13H9ClN6/c1-7-17-10-5-15-13(19-12(10)18-7)20-6-16-9-3-2-8(14)4-11(9)20/h2-6H,1H3,(H,15,17,18,19). The first-order valence-corrected chi connectivity index (χ1v) is 6.41. The largest absolute Gasteiger partial charge is 0.340 e. The molecule has 0 bridgehead atoms. The average molecular weight is 285 g/mol. The van der Waals surface area contributed by atoms with E-state index in [4.69, 9.17) is 11.6 Å². The van der Waals surface area contributed by atoms with Crippen molar-refractivity contribution in [3.8, 4) is 5.95 Å². The van der Waals surface area contributed by atoms with Crippen LogP contribution in [0.3, 0.4) is 0 Å². The second kappa shape index (κ2) is 4.01. The van der Waals surface area contributed by atoms with Gasteiger partial charge in [-0.15, -0.1) is 0 Å². The molecular formula is C13H9ClN6. The lowest BCUT2D eigenvalue weighted by molar-refractivity contribution is 0.961.